The van der Waals surface area contributed by atoms with Crippen LogP contribution in [0.2, 0.25) is 5.02 Å². The second-order valence-corrected chi connectivity index (χ2v) is 9.07. The molecule has 0 N–H and O–H groups in total. The summed E-state index contributed by atoms with van der Waals surface area (Å²) in [5.74, 6) is 0.885. The maximum Gasteiger partial charge on any atom is 0.291 e. The Hall–Kier alpha value is -3.77. The summed E-state index contributed by atoms with van der Waals surface area (Å²) < 4.78 is 17.7. The van der Waals surface area contributed by atoms with Gasteiger partial charge >= 0.3 is 0 Å². The number of carbonyl (C=O) groups excluding carboxylic acids is 1. The summed E-state index contributed by atoms with van der Waals surface area (Å²) in [5.41, 5.74) is 2.81. The standard InChI is InChI=1S/C29H26ClNO5/c1-4-34-22-12-11-19(14-24(22)35-5-2)26-25-27(32)20-15-21(30)17(3)13-23(20)36-28(25)29(33)31(26)16-18-9-7-6-8-10-18/h6-15,26H,4-5,16H2,1-3H3. The molecule has 0 spiro atoms. The van der Waals surface area contributed by atoms with E-state index < -0.39 is 6.04 Å². The summed E-state index contributed by atoms with van der Waals surface area (Å²) in [4.78, 5) is 29.2. The molecule has 1 aromatic heterocycles. The number of benzene rings is 3. The zero-order chi connectivity index (χ0) is 25.4. The third-order valence-electron chi connectivity index (χ3n) is 6.33. The lowest BCUT2D eigenvalue weighted by Gasteiger charge is -2.26. The molecule has 0 aliphatic carbocycles. The number of amides is 1. The predicted octanol–water partition coefficient (Wildman–Crippen LogP) is 6.30. The minimum atomic E-state index is -0.664. The Morgan fingerprint density at radius 1 is 0.944 bits per heavy atom. The maximum atomic E-state index is 13.8. The third kappa shape index (κ3) is 4.11. The zero-order valence-electron chi connectivity index (χ0n) is 20.3. The Morgan fingerprint density at radius 2 is 1.67 bits per heavy atom. The molecule has 4 aromatic rings. The number of hydrogen-bond donors (Lipinski definition) is 0. The summed E-state index contributed by atoms with van der Waals surface area (Å²) in [6.45, 7) is 6.87. The van der Waals surface area contributed by atoms with Crippen molar-refractivity contribution in [2.75, 3.05) is 13.2 Å². The smallest absolute Gasteiger partial charge is 0.291 e. The van der Waals surface area contributed by atoms with Crippen LogP contribution in [-0.2, 0) is 6.54 Å². The van der Waals surface area contributed by atoms with Gasteiger partial charge in [-0.3, -0.25) is 9.59 Å². The first-order chi connectivity index (χ1) is 17.4. The first-order valence-electron chi connectivity index (χ1n) is 11.9. The molecule has 1 aliphatic rings. The van der Waals surface area contributed by atoms with Crippen LogP contribution in [-0.4, -0.2) is 24.0 Å². The maximum absolute atomic E-state index is 13.8. The largest absolute Gasteiger partial charge is 0.490 e. The van der Waals surface area contributed by atoms with Crippen LogP contribution in [0.3, 0.4) is 0 Å². The molecule has 1 amide bonds. The lowest BCUT2D eigenvalue weighted by atomic mass is 9.97. The number of nitrogens with zero attached hydrogens (tertiary/aromatic N) is 1. The Balaban J connectivity index is 1.73. The van der Waals surface area contributed by atoms with Crippen molar-refractivity contribution in [3.63, 3.8) is 0 Å². The van der Waals surface area contributed by atoms with Gasteiger partial charge < -0.3 is 18.8 Å². The van der Waals surface area contributed by atoms with E-state index in [9.17, 15) is 9.59 Å². The summed E-state index contributed by atoms with van der Waals surface area (Å²) in [7, 11) is 0. The molecule has 3 aromatic carbocycles. The molecular formula is C29H26ClNO5. The van der Waals surface area contributed by atoms with Gasteiger partial charge in [0.05, 0.1) is 30.2 Å². The third-order valence-corrected chi connectivity index (χ3v) is 6.73. The monoisotopic (exact) mass is 503 g/mol. The molecule has 6 nitrogen and oxygen atoms in total. The van der Waals surface area contributed by atoms with E-state index in [4.69, 9.17) is 25.5 Å². The van der Waals surface area contributed by atoms with Gasteiger partial charge in [-0.05, 0) is 61.7 Å². The van der Waals surface area contributed by atoms with Gasteiger partial charge in [0.1, 0.15) is 5.58 Å². The topological polar surface area (TPSA) is 69.0 Å². The fourth-order valence-electron chi connectivity index (χ4n) is 4.67. The number of carbonyl (C=O) groups is 1. The molecule has 0 bridgehead atoms. The number of hydrogen-bond acceptors (Lipinski definition) is 5. The van der Waals surface area contributed by atoms with Crippen molar-refractivity contribution in [2.24, 2.45) is 0 Å². The molecule has 5 rings (SSSR count). The Kier molecular flexibility index (Phi) is 6.46. The van der Waals surface area contributed by atoms with Crippen LogP contribution in [0.5, 0.6) is 11.5 Å². The molecule has 0 saturated carbocycles. The van der Waals surface area contributed by atoms with Crippen LogP contribution in [0.1, 0.15) is 52.7 Å². The molecule has 1 unspecified atom stereocenters. The van der Waals surface area contributed by atoms with Gasteiger partial charge in [-0.25, -0.2) is 0 Å². The van der Waals surface area contributed by atoms with Gasteiger partial charge in [-0.15, -0.1) is 0 Å². The second-order valence-electron chi connectivity index (χ2n) is 8.66. The van der Waals surface area contributed by atoms with Crippen molar-refractivity contribution in [1.82, 2.24) is 4.90 Å². The highest BCUT2D eigenvalue weighted by atomic mass is 35.5. The Labute approximate surface area is 214 Å². The van der Waals surface area contributed by atoms with Crippen molar-refractivity contribution in [2.45, 2.75) is 33.4 Å². The molecule has 0 saturated heterocycles. The average molecular weight is 504 g/mol. The molecule has 0 fully saturated rings. The van der Waals surface area contributed by atoms with Crippen LogP contribution >= 0.6 is 11.6 Å². The van der Waals surface area contributed by atoms with Gasteiger partial charge in [0.15, 0.2) is 16.9 Å². The normalized spacial score (nSPS) is 14.8. The van der Waals surface area contributed by atoms with Gasteiger partial charge in [0, 0.05) is 11.6 Å². The molecule has 184 valence electrons. The quantitative estimate of drug-likeness (QED) is 0.296. The number of fused-ring (bicyclic) bond motifs is 2. The van der Waals surface area contributed by atoms with Gasteiger partial charge in [0.2, 0.25) is 5.76 Å². The molecule has 1 aliphatic heterocycles. The van der Waals surface area contributed by atoms with Crippen molar-refractivity contribution in [3.05, 3.63) is 104 Å². The molecular weight excluding hydrogens is 478 g/mol. The lowest BCUT2D eigenvalue weighted by molar-refractivity contribution is 0.0714. The summed E-state index contributed by atoms with van der Waals surface area (Å²) >= 11 is 6.34. The van der Waals surface area contributed by atoms with Crippen LogP contribution < -0.4 is 14.9 Å². The first kappa shape index (κ1) is 23.9. The van der Waals surface area contributed by atoms with E-state index in [1.165, 1.54) is 0 Å². The van der Waals surface area contributed by atoms with Crippen molar-refractivity contribution >= 4 is 28.5 Å². The molecule has 2 heterocycles. The minimum Gasteiger partial charge on any atom is -0.490 e. The summed E-state index contributed by atoms with van der Waals surface area (Å²) in [6, 6.07) is 17.8. The highest BCUT2D eigenvalue weighted by Crippen LogP contribution is 2.42. The summed E-state index contributed by atoms with van der Waals surface area (Å²) in [6.07, 6.45) is 0. The van der Waals surface area contributed by atoms with E-state index in [0.717, 1.165) is 16.7 Å². The average Bonchev–Trinajstić information content (AvgIpc) is 3.14. The summed E-state index contributed by atoms with van der Waals surface area (Å²) in [5, 5.41) is 0.816. The second kappa shape index (κ2) is 9.70. The molecule has 0 radical (unpaired) electrons. The van der Waals surface area contributed by atoms with Gasteiger partial charge in [-0.1, -0.05) is 48.0 Å². The Bertz CT molecular complexity index is 1510. The molecule has 36 heavy (non-hydrogen) atoms. The number of ether oxygens (including phenoxy) is 2. The van der Waals surface area contributed by atoms with E-state index in [1.807, 2.05) is 69.3 Å². The van der Waals surface area contributed by atoms with Crippen molar-refractivity contribution in [1.29, 1.82) is 0 Å². The van der Waals surface area contributed by atoms with Gasteiger partial charge in [-0.2, -0.15) is 0 Å². The van der Waals surface area contributed by atoms with Gasteiger partial charge in [0.25, 0.3) is 5.91 Å². The zero-order valence-corrected chi connectivity index (χ0v) is 21.1. The minimum absolute atomic E-state index is 0.0574. The van der Waals surface area contributed by atoms with E-state index in [2.05, 4.69) is 0 Å². The Morgan fingerprint density at radius 3 is 2.39 bits per heavy atom. The van der Waals surface area contributed by atoms with Crippen LogP contribution in [0.25, 0.3) is 11.0 Å². The molecule has 1 atom stereocenters. The highest BCUT2D eigenvalue weighted by Gasteiger charge is 2.43. The first-order valence-corrected chi connectivity index (χ1v) is 12.3. The number of halogens is 1. The number of rotatable bonds is 7. The van der Waals surface area contributed by atoms with E-state index >= 15 is 0 Å². The predicted molar refractivity (Wildman–Crippen MR) is 139 cm³/mol. The van der Waals surface area contributed by atoms with Crippen LogP contribution in [0.15, 0.2) is 69.9 Å². The highest BCUT2D eigenvalue weighted by molar-refractivity contribution is 6.32. The fraction of sp³-hybridized carbons (Fsp3) is 0.241. The van der Waals surface area contributed by atoms with E-state index in [-0.39, 0.29) is 17.1 Å². The van der Waals surface area contributed by atoms with Crippen LogP contribution in [0.4, 0.5) is 0 Å². The van der Waals surface area contributed by atoms with E-state index in [1.54, 1.807) is 17.0 Å². The van der Waals surface area contributed by atoms with Crippen molar-refractivity contribution in [3.8, 4) is 11.5 Å². The number of aryl methyl sites for hydroxylation is 1. The lowest BCUT2D eigenvalue weighted by Crippen LogP contribution is -2.29. The fourth-order valence-corrected chi connectivity index (χ4v) is 4.83. The SMILES string of the molecule is CCOc1ccc(C2c3c(oc4cc(C)c(Cl)cc4c3=O)C(=O)N2Cc2ccccc2)cc1OCC. The van der Waals surface area contributed by atoms with Crippen LogP contribution in [0, 0.1) is 6.92 Å². The molecule has 7 heteroatoms. The van der Waals surface area contributed by atoms with Crippen molar-refractivity contribution < 1.29 is 18.7 Å². The van der Waals surface area contributed by atoms with E-state index in [0.29, 0.717) is 52.8 Å².